The number of nitrogens with one attached hydrogen (secondary N) is 2. The molecule has 0 saturated heterocycles. The van der Waals surface area contributed by atoms with Gasteiger partial charge in [0, 0.05) is 30.7 Å². The number of hydrogen-bond donors (Lipinski definition) is 2. The molecule has 1 aliphatic rings. The zero-order valence-electron chi connectivity index (χ0n) is 19.8. The van der Waals surface area contributed by atoms with Crippen LogP contribution in [0.15, 0.2) is 47.5 Å². The summed E-state index contributed by atoms with van der Waals surface area (Å²) in [6.45, 7) is 4.41. The van der Waals surface area contributed by atoms with Gasteiger partial charge in [0.2, 0.25) is 11.5 Å². The van der Waals surface area contributed by atoms with Crippen LogP contribution in [0.2, 0.25) is 0 Å². The highest BCUT2D eigenvalue weighted by molar-refractivity contribution is 5.94. The van der Waals surface area contributed by atoms with Gasteiger partial charge in [0.15, 0.2) is 0 Å². The second-order valence-electron chi connectivity index (χ2n) is 9.20. The molecule has 0 bridgehead atoms. The van der Waals surface area contributed by atoms with Crippen LogP contribution in [0.1, 0.15) is 61.5 Å². The van der Waals surface area contributed by atoms with Gasteiger partial charge in [-0.05, 0) is 81.5 Å². The Morgan fingerprint density at radius 1 is 1.15 bits per heavy atom. The van der Waals surface area contributed by atoms with Crippen molar-refractivity contribution < 1.29 is 18.7 Å². The third-order valence-corrected chi connectivity index (χ3v) is 6.27. The molecule has 2 amide bonds. The standard InChI is InChI=1S/C26H31FN4O3/c1-16(2)28-24(32)19-7-11-21(12-8-19)31-23-14-17(15-34-3)4-13-22(23)29-26(31)30-25(33)18-5-9-20(27)10-6-18/h4-6,9-10,13-14,16,19,21H,7-8,11-12,15H2,1-3H3,(H,28,32)(H,29,30,33)/t19-,21+. The van der Waals surface area contributed by atoms with Crippen molar-refractivity contribution in [2.75, 3.05) is 7.11 Å². The number of H-pyrrole nitrogens is 1. The first kappa shape index (κ1) is 23.9. The average Bonchev–Trinajstić information content (AvgIpc) is 3.16. The van der Waals surface area contributed by atoms with Crippen LogP contribution in [0.4, 0.5) is 4.39 Å². The summed E-state index contributed by atoms with van der Waals surface area (Å²) in [5.41, 5.74) is 3.60. The van der Waals surface area contributed by atoms with E-state index < -0.39 is 11.7 Å². The maximum atomic E-state index is 13.3. The van der Waals surface area contributed by atoms with Crippen molar-refractivity contribution in [3.05, 3.63) is 65.0 Å². The molecule has 0 atom stereocenters. The average molecular weight is 467 g/mol. The maximum absolute atomic E-state index is 13.3. The Balaban J connectivity index is 1.70. The minimum Gasteiger partial charge on any atom is -0.380 e. The van der Waals surface area contributed by atoms with Gasteiger partial charge in [-0.1, -0.05) is 6.07 Å². The van der Waals surface area contributed by atoms with Crippen molar-refractivity contribution in [1.29, 1.82) is 0 Å². The smallest absolute Gasteiger partial charge is 0.280 e. The second-order valence-corrected chi connectivity index (χ2v) is 9.20. The summed E-state index contributed by atoms with van der Waals surface area (Å²) < 4.78 is 20.7. The molecule has 1 saturated carbocycles. The zero-order valence-corrected chi connectivity index (χ0v) is 19.8. The number of aromatic amines is 1. The molecule has 7 nitrogen and oxygen atoms in total. The number of fused-ring (bicyclic) bond motifs is 1. The van der Waals surface area contributed by atoms with E-state index in [4.69, 9.17) is 4.74 Å². The lowest BCUT2D eigenvalue weighted by Gasteiger charge is -2.29. The van der Waals surface area contributed by atoms with E-state index in [1.165, 1.54) is 24.3 Å². The van der Waals surface area contributed by atoms with Crippen LogP contribution in [-0.2, 0) is 16.1 Å². The van der Waals surface area contributed by atoms with E-state index in [1.807, 2.05) is 32.0 Å². The molecule has 0 spiro atoms. The molecule has 1 aromatic heterocycles. The number of carbonyl (C=O) groups is 2. The fraction of sp³-hybridized carbons (Fsp3) is 0.423. The number of nitrogens with zero attached hydrogens (tertiary/aromatic N) is 2. The van der Waals surface area contributed by atoms with Crippen molar-refractivity contribution >= 4 is 22.8 Å². The molecular weight excluding hydrogens is 435 g/mol. The van der Waals surface area contributed by atoms with Gasteiger partial charge >= 0.3 is 0 Å². The minimum atomic E-state index is -0.442. The van der Waals surface area contributed by atoms with Gasteiger partial charge in [-0.25, -0.2) is 4.39 Å². The molecule has 4 rings (SSSR count). The van der Waals surface area contributed by atoms with E-state index in [9.17, 15) is 14.0 Å². The Morgan fingerprint density at radius 3 is 2.50 bits per heavy atom. The van der Waals surface area contributed by atoms with E-state index in [2.05, 4.69) is 19.9 Å². The first-order valence-electron chi connectivity index (χ1n) is 11.7. The van der Waals surface area contributed by atoms with E-state index in [0.29, 0.717) is 17.8 Å². The first-order chi connectivity index (χ1) is 16.4. The highest BCUT2D eigenvalue weighted by atomic mass is 19.1. The van der Waals surface area contributed by atoms with Crippen LogP contribution in [0, 0.1) is 11.7 Å². The molecule has 3 aromatic rings. The van der Waals surface area contributed by atoms with Crippen molar-refractivity contribution in [2.45, 2.75) is 58.2 Å². The molecule has 1 heterocycles. The normalized spacial score (nSPS) is 19.0. The topological polar surface area (TPSA) is 88.5 Å². The van der Waals surface area contributed by atoms with E-state index in [0.717, 1.165) is 42.3 Å². The molecule has 180 valence electrons. The monoisotopic (exact) mass is 466 g/mol. The molecule has 8 heteroatoms. The van der Waals surface area contributed by atoms with Crippen LogP contribution in [0.5, 0.6) is 0 Å². The van der Waals surface area contributed by atoms with Gasteiger partial charge in [0.05, 0.1) is 17.6 Å². The summed E-state index contributed by atoms with van der Waals surface area (Å²) in [6.07, 6.45) is 3.14. The molecular formula is C26H31FN4O3. The third-order valence-electron chi connectivity index (χ3n) is 6.27. The number of carbonyl (C=O) groups excluding carboxylic acids is 2. The summed E-state index contributed by atoms with van der Waals surface area (Å²) in [5.74, 6) is -0.741. The summed E-state index contributed by atoms with van der Waals surface area (Å²) in [6, 6.07) is 11.6. The Hall–Kier alpha value is -3.26. The van der Waals surface area contributed by atoms with E-state index in [1.54, 1.807) is 7.11 Å². The number of benzene rings is 2. The summed E-state index contributed by atoms with van der Waals surface area (Å²) in [7, 11) is 1.65. The number of methoxy groups -OCH3 is 1. The summed E-state index contributed by atoms with van der Waals surface area (Å²) in [5, 5.41) is 3.02. The van der Waals surface area contributed by atoms with Gasteiger partial charge in [-0.2, -0.15) is 4.99 Å². The fourth-order valence-corrected chi connectivity index (χ4v) is 4.64. The Labute approximate surface area is 198 Å². The lowest BCUT2D eigenvalue weighted by Crippen LogP contribution is -2.38. The second kappa shape index (κ2) is 10.3. The van der Waals surface area contributed by atoms with Crippen molar-refractivity contribution in [3.8, 4) is 0 Å². The predicted octanol–water partition coefficient (Wildman–Crippen LogP) is 4.25. The minimum absolute atomic E-state index is 0.00487. The summed E-state index contributed by atoms with van der Waals surface area (Å²) >= 11 is 0. The lowest BCUT2D eigenvalue weighted by molar-refractivity contribution is -0.126. The molecule has 0 radical (unpaired) electrons. The van der Waals surface area contributed by atoms with Gasteiger partial charge < -0.3 is 19.6 Å². The van der Waals surface area contributed by atoms with Gasteiger partial charge in [0.1, 0.15) is 5.82 Å². The molecule has 2 aromatic carbocycles. The number of amides is 2. The Morgan fingerprint density at radius 2 is 1.85 bits per heavy atom. The highest BCUT2D eigenvalue weighted by Crippen LogP contribution is 2.33. The SMILES string of the molecule is COCc1ccc2[nH]/c(=N\C(=O)c3ccc(F)cc3)n([C@H]3CC[C@@H](C(=O)NC(C)C)CC3)c2c1. The van der Waals surface area contributed by atoms with E-state index in [-0.39, 0.29) is 23.9 Å². The number of imidazole rings is 1. The van der Waals surface area contributed by atoms with Crippen molar-refractivity contribution in [2.24, 2.45) is 10.9 Å². The molecule has 1 fully saturated rings. The third kappa shape index (κ3) is 5.28. The highest BCUT2D eigenvalue weighted by Gasteiger charge is 2.29. The largest absolute Gasteiger partial charge is 0.380 e. The lowest BCUT2D eigenvalue weighted by atomic mass is 9.85. The van der Waals surface area contributed by atoms with Crippen molar-refractivity contribution in [3.63, 3.8) is 0 Å². The maximum Gasteiger partial charge on any atom is 0.280 e. The zero-order chi connectivity index (χ0) is 24.2. The van der Waals surface area contributed by atoms with Gasteiger partial charge in [-0.3, -0.25) is 9.59 Å². The van der Waals surface area contributed by atoms with Crippen LogP contribution in [0.3, 0.4) is 0 Å². The van der Waals surface area contributed by atoms with Crippen LogP contribution >= 0.6 is 0 Å². The van der Waals surface area contributed by atoms with Crippen LogP contribution in [0.25, 0.3) is 11.0 Å². The number of hydrogen-bond acceptors (Lipinski definition) is 3. The van der Waals surface area contributed by atoms with Crippen molar-refractivity contribution in [1.82, 2.24) is 14.9 Å². The number of aromatic nitrogens is 2. The Bertz CT molecular complexity index is 1240. The van der Waals surface area contributed by atoms with Crippen LogP contribution < -0.4 is 10.9 Å². The Kier molecular flexibility index (Phi) is 7.26. The first-order valence-corrected chi connectivity index (χ1v) is 11.7. The molecule has 0 aliphatic heterocycles. The fourth-order valence-electron chi connectivity index (χ4n) is 4.64. The van der Waals surface area contributed by atoms with Gasteiger partial charge in [0.25, 0.3) is 5.91 Å². The van der Waals surface area contributed by atoms with Crippen LogP contribution in [-0.4, -0.2) is 34.5 Å². The molecule has 34 heavy (non-hydrogen) atoms. The molecule has 2 N–H and O–H groups in total. The van der Waals surface area contributed by atoms with E-state index >= 15 is 0 Å². The molecule has 1 aliphatic carbocycles. The quantitative estimate of drug-likeness (QED) is 0.569. The van der Waals surface area contributed by atoms with Gasteiger partial charge in [-0.15, -0.1) is 0 Å². The number of halogens is 1. The number of rotatable bonds is 6. The predicted molar refractivity (Wildman–Crippen MR) is 128 cm³/mol. The number of ether oxygens (including phenoxy) is 1. The summed E-state index contributed by atoms with van der Waals surface area (Å²) in [4.78, 5) is 33.0. The molecule has 0 unspecified atom stereocenters.